The Morgan fingerprint density at radius 2 is 0.603 bits per heavy atom. The summed E-state index contributed by atoms with van der Waals surface area (Å²) in [6.07, 6.45) is 66.5. The number of carbonyl (C=O) groups is 2. The van der Waals surface area contributed by atoms with Crippen molar-refractivity contribution < 1.29 is 19.8 Å². The Morgan fingerprint density at radius 3 is 0.841 bits per heavy atom. The number of allylic oxidation sites excluding steroid dienone is 6. The quantitative estimate of drug-likeness (QED) is 0.0358. The first-order valence-electron chi connectivity index (χ1n) is 27.7. The standard InChI is InChI=1S/C21H44N2.2C18H34O2/c1-3-4-5-6-7-8-9-10-11-12-13-14-15-16-17-18-19-23-20-21(2)22;2*1-2-3-4-5-6-7-8-9-10-11-12-13-14-15-16-17-18(19)20/h10-11,21,23H,3-9,12-20,22H2,1-2H3;2*9-10H,2-8,11-17H2,1H3,(H,19,20). The fourth-order valence-corrected chi connectivity index (χ4v) is 7.52. The van der Waals surface area contributed by atoms with Gasteiger partial charge in [-0.05, 0) is 110 Å². The molecule has 0 aliphatic rings. The highest BCUT2D eigenvalue weighted by Gasteiger charge is 1.98. The Balaban J connectivity index is -0.000000860. The van der Waals surface area contributed by atoms with E-state index < -0.39 is 11.9 Å². The van der Waals surface area contributed by atoms with Gasteiger partial charge in [-0.1, -0.05) is 218 Å². The predicted octanol–water partition coefficient (Wildman–Crippen LogP) is 18.2. The molecule has 1 atom stereocenters. The number of unbranched alkanes of at least 4 members (excludes halogenated alkanes) is 34. The summed E-state index contributed by atoms with van der Waals surface area (Å²) < 4.78 is 0. The number of nitrogens with two attached hydrogens (primary N) is 1. The average Bonchev–Trinajstić information content (AvgIpc) is 3.26. The first kappa shape index (κ1) is 65.4. The van der Waals surface area contributed by atoms with Gasteiger partial charge in [-0.25, -0.2) is 0 Å². The van der Waals surface area contributed by atoms with Crippen molar-refractivity contribution in [3.63, 3.8) is 0 Å². The zero-order chi connectivity index (χ0) is 46.8. The molecular formula is C57H112N2O4. The van der Waals surface area contributed by atoms with E-state index in [2.05, 4.69) is 69.5 Å². The van der Waals surface area contributed by atoms with Crippen LogP contribution in [0.3, 0.4) is 0 Å². The zero-order valence-electron chi connectivity index (χ0n) is 42.9. The maximum atomic E-state index is 10.3. The van der Waals surface area contributed by atoms with E-state index in [4.69, 9.17) is 15.9 Å². The van der Waals surface area contributed by atoms with Crippen molar-refractivity contribution in [1.82, 2.24) is 5.32 Å². The Labute approximate surface area is 394 Å². The molecule has 0 aromatic carbocycles. The lowest BCUT2D eigenvalue weighted by Gasteiger charge is -2.06. The van der Waals surface area contributed by atoms with Crippen molar-refractivity contribution in [2.45, 2.75) is 303 Å². The average molecular weight is 890 g/mol. The van der Waals surface area contributed by atoms with Crippen LogP contribution in [-0.4, -0.2) is 41.3 Å². The minimum Gasteiger partial charge on any atom is -0.481 e. The summed E-state index contributed by atoms with van der Waals surface area (Å²) in [6, 6.07) is 0.282. The molecule has 374 valence electrons. The van der Waals surface area contributed by atoms with Gasteiger partial charge in [0, 0.05) is 25.4 Å². The van der Waals surface area contributed by atoms with E-state index >= 15 is 0 Å². The molecule has 1 unspecified atom stereocenters. The SMILES string of the molecule is CCCCCCCCC=CCCCCCCCC(=O)O.CCCCCCCCC=CCCCCCCCC(=O)O.CCCCCCCCC=CCCCCCCCCNCC(C)N. The predicted molar refractivity (Wildman–Crippen MR) is 280 cm³/mol. The maximum Gasteiger partial charge on any atom is 0.303 e. The second-order valence-electron chi connectivity index (χ2n) is 18.6. The molecule has 0 spiro atoms. The van der Waals surface area contributed by atoms with Crippen LogP contribution in [0.2, 0.25) is 0 Å². The van der Waals surface area contributed by atoms with E-state index in [-0.39, 0.29) is 6.04 Å². The number of nitrogens with one attached hydrogen (secondary N) is 1. The summed E-state index contributed by atoms with van der Waals surface area (Å²) in [5.74, 6) is -1.33. The van der Waals surface area contributed by atoms with Gasteiger partial charge >= 0.3 is 11.9 Å². The molecule has 0 bridgehead atoms. The highest BCUT2D eigenvalue weighted by molar-refractivity contribution is 5.66. The lowest BCUT2D eigenvalue weighted by Crippen LogP contribution is -2.31. The van der Waals surface area contributed by atoms with Crippen molar-refractivity contribution in [2.75, 3.05) is 13.1 Å². The van der Waals surface area contributed by atoms with Crippen LogP contribution in [0, 0.1) is 0 Å². The van der Waals surface area contributed by atoms with Crippen molar-refractivity contribution in [1.29, 1.82) is 0 Å². The van der Waals surface area contributed by atoms with Gasteiger partial charge in [-0.2, -0.15) is 0 Å². The lowest BCUT2D eigenvalue weighted by molar-refractivity contribution is -0.138. The van der Waals surface area contributed by atoms with Gasteiger partial charge in [0.25, 0.3) is 0 Å². The van der Waals surface area contributed by atoms with E-state index in [1.54, 1.807) is 0 Å². The fraction of sp³-hybridized carbons (Fsp3) is 0.860. The van der Waals surface area contributed by atoms with E-state index in [9.17, 15) is 9.59 Å². The molecule has 0 aromatic rings. The second-order valence-corrected chi connectivity index (χ2v) is 18.6. The van der Waals surface area contributed by atoms with Gasteiger partial charge in [0.05, 0.1) is 0 Å². The van der Waals surface area contributed by atoms with Crippen LogP contribution in [0.25, 0.3) is 0 Å². The molecule has 0 heterocycles. The molecule has 5 N–H and O–H groups in total. The van der Waals surface area contributed by atoms with Crippen LogP contribution in [0.5, 0.6) is 0 Å². The monoisotopic (exact) mass is 889 g/mol. The molecule has 0 radical (unpaired) electrons. The van der Waals surface area contributed by atoms with Crippen molar-refractivity contribution in [3.8, 4) is 0 Å². The number of carboxylic acids is 2. The van der Waals surface area contributed by atoms with Crippen LogP contribution in [0.15, 0.2) is 36.5 Å². The first-order chi connectivity index (χ1) is 30.8. The van der Waals surface area contributed by atoms with Gasteiger partial charge in [0.2, 0.25) is 0 Å². The summed E-state index contributed by atoms with van der Waals surface area (Å²) in [4.78, 5) is 20.6. The molecule has 6 nitrogen and oxygen atoms in total. The number of hydrogen-bond donors (Lipinski definition) is 4. The summed E-state index contributed by atoms with van der Waals surface area (Å²) in [5.41, 5.74) is 5.70. The number of hydrogen-bond acceptors (Lipinski definition) is 4. The third-order valence-electron chi connectivity index (χ3n) is 11.6. The van der Waals surface area contributed by atoms with Crippen LogP contribution >= 0.6 is 0 Å². The lowest BCUT2D eigenvalue weighted by atomic mass is 10.1. The molecule has 63 heavy (non-hydrogen) atoms. The molecule has 0 amide bonds. The highest BCUT2D eigenvalue weighted by atomic mass is 16.4. The maximum absolute atomic E-state index is 10.3. The van der Waals surface area contributed by atoms with Gasteiger partial charge in [-0.15, -0.1) is 0 Å². The molecule has 0 rings (SSSR count). The Kier molecular flexibility index (Phi) is 64.5. The Morgan fingerprint density at radius 1 is 0.381 bits per heavy atom. The molecule has 0 saturated carbocycles. The smallest absolute Gasteiger partial charge is 0.303 e. The van der Waals surface area contributed by atoms with Gasteiger partial charge in [0.15, 0.2) is 0 Å². The summed E-state index contributed by atoms with van der Waals surface area (Å²) >= 11 is 0. The molecule has 0 fully saturated rings. The summed E-state index contributed by atoms with van der Waals surface area (Å²) in [6.45, 7) is 10.9. The zero-order valence-corrected chi connectivity index (χ0v) is 42.9. The van der Waals surface area contributed by atoms with Crippen LogP contribution in [-0.2, 0) is 9.59 Å². The Hall–Kier alpha value is -1.92. The van der Waals surface area contributed by atoms with Crippen LogP contribution in [0.1, 0.15) is 297 Å². The van der Waals surface area contributed by atoms with E-state index in [1.807, 2.05) is 0 Å². The number of aliphatic carboxylic acids is 2. The first-order valence-corrected chi connectivity index (χ1v) is 27.7. The molecule has 0 aliphatic heterocycles. The summed E-state index contributed by atoms with van der Waals surface area (Å²) in [7, 11) is 0. The van der Waals surface area contributed by atoms with Crippen molar-refractivity contribution in [3.05, 3.63) is 36.5 Å². The van der Waals surface area contributed by atoms with Crippen LogP contribution in [0.4, 0.5) is 0 Å². The van der Waals surface area contributed by atoms with Crippen LogP contribution < -0.4 is 11.1 Å². The molecule has 6 heteroatoms. The van der Waals surface area contributed by atoms with E-state index in [1.165, 1.54) is 231 Å². The Bertz CT molecular complexity index is 896. The second kappa shape index (κ2) is 62.2. The molecule has 0 aliphatic carbocycles. The molecule has 0 saturated heterocycles. The van der Waals surface area contributed by atoms with Crippen molar-refractivity contribution in [2.24, 2.45) is 5.73 Å². The fourth-order valence-electron chi connectivity index (χ4n) is 7.52. The van der Waals surface area contributed by atoms with Crippen molar-refractivity contribution >= 4 is 11.9 Å². The van der Waals surface area contributed by atoms with Gasteiger partial charge in [0.1, 0.15) is 0 Å². The normalized spacial score (nSPS) is 11.9. The van der Waals surface area contributed by atoms with Gasteiger partial charge < -0.3 is 21.3 Å². The highest BCUT2D eigenvalue weighted by Crippen LogP contribution is 2.13. The number of rotatable bonds is 48. The summed E-state index contributed by atoms with van der Waals surface area (Å²) in [5, 5.41) is 20.4. The largest absolute Gasteiger partial charge is 0.481 e. The van der Waals surface area contributed by atoms with E-state index in [0.717, 1.165) is 38.8 Å². The topological polar surface area (TPSA) is 113 Å². The molecule has 0 aromatic heterocycles. The van der Waals surface area contributed by atoms with E-state index in [0.29, 0.717) is 12.8 Å². The molecular weight excluding hydrogens is 777 g/mol. The third-order valence-corrected chi connectivity index (χ3v) is 11.6. The van der Waals surface area contributed by atoms with Gasteiger partial charge in [-0.3, -0.25) is 9.59 Å². The third kappa shape index (κ3) is 74.7. The number of carboxylic acid groups (broad SMARTS) is 2. The minimum absolute atomic E-state index is 0.282. The minimum atomic E-state index is -0.664.